The molecule has 1 heterocycles. The van der Waals surface area contributed by atoms with E-state index in [0.29, 0.717) is 5.69 Å². The molecule has 0 spiro atoms. The number of rotatable bonds is 3. The average Bonchev–Trinajstić information content (AvgIpc) is 2.46. The van der Waals surface area contributed by atoms with Crippen LogP contribution in [-0.4, -0.2) is 24.8 Å². The molecule has 1 aromatic carbocycles. The van der Waals surface area contributed by atoms with Crippen molar-refractivity contribution in [3.8, 4) is 11.4 Å². The van der Waals surface area contributed by atoms with Gasteiger partial charge in [0.25, 0.3) is 5.56 Å². The molecule has 0 unspecified atom stereocenters. The van der Waals surface area contributed by atoms with Crippen LogP contribution in [0.5, 0.6) is 5.75 Å². The third kappa shape index (κ3) is 2.56. The number of methoxy groups -OCH3 is 2. The number of ether oxygens (including phenoxy) is 2. The Morgan fingerprint density at radius 3 is 2.45 bits per heavy atom. The number of hydrogen-bond donors (Lipinski definition) is 0. The van der Waals surface area contributed by atoms with E-state index in [1.807, 2.05) is 13.0 Å². The van der Waals surface area contributed by atoms with Crippen LogP contribution in [0.25, 0.3) is 5.69 Å². The smallest absolute Gasteiger partial charge is 0.338 e. The second-order valence-corrected chi connectivity index (χ2v) is 4.27. The highest BCUT2D eigenvalue weighted by atomic mass is 16.5. The van der Waals surface area contributed by atoms with Gasteiger partial charge in [0.15, 0.2) is 0 Å². The SMILES string of the molecule is COC(=O)c1ccn(-c2ccc(OC)c(C)c2)c(=O)c1. The van der Waals surface area contributed by atoms with E-state index >= 15 is 0 Å². The van der Waals surface area contributed by atoms with Gasteiger partial charge in [0.2, 0.25) is 0 Å². The van der Waals surface area contributed by atoms with Gasteiger partial charge in [0.1, 0.15) is 5.75 Å². The Bertz CT molecular complexity index is 703. The molecule has 0 saturated heterocycles. The number of esters is 1. The normalized spacial score (nSPS) is 10.2. The van der Waals surface area contributed by atoms with Crippen molar-refractivity contribution in [2.75, 3.05) is 14.2 Å². The van der Waals surface area contributed by atoms with Crippen LogP contribution >= 0.6 is 0 Å². The van der Waals surface area contributed by atoms with Gasteiger partial charge >= 0.3 is 5.97 Å². The highest BCUT2D eigenvalue weighted by Crippen LogP contribution is 2.20. The maximum atomic E-state index is 12.1. The van der Waals surface area contributed by atoms with Crippen LogP contribution in [-0.2, 0) is 4.74 Å². The van der Waals surface area contributed by atoms with E-state index in [-0.39, 0.29) is 11.1 Å². The van der Waals surface area contributed by atoms with Crippen LogP contribution in [0.1, 0.15) is 15.9 Å². The van der Waals surface area contributed by atoms with Gasteiger partial charge in [-0.15, -0.1) is 0 Å². The number of pyridine rings is 1. The van der Waals surface area contributed by atoms with Crippen LogP contribution in [0.15, 0.2) is 41.3 Å². The molecule has 0 bridgehead atoms. The Kier molecular flexibility index (Phi) is 3.89. The molecule has 20 heavy (non-hydrogen) atoms. The van der Waals surface area contributed by atoms with Crippen molar-refractivity contribution in [2.45, 2.75) is 6.92 Å². The number of benzene rings is 1. The zero-order valence-corrected chi connectivity index (χ0v) is 11.5. The highest BCUT2D eigenvalue weighted by Gasteiger charge is 2.09. The molecule has 5 heteroatoms. The van der Waals surface area contributed by atoms with Crippen LogP contribution < -0.4 is 10.3 Å². The molecule has 0 amide bonds. The fourth-order valence-electron chi connectivity index (χ4n) is 1.95. The summed E-state index contributed by atoms with van der Waals surface area (Å²) >= 11 is 0. The van der Waals surface area contributed by atoms with Gasteiger partial charge in [-0.1, -0.05) is 0 Å². The molecule has 2 rings (SSSR count). The monoisotopic (exact) mass is 273 g/mol. The molecule has 0 aliphatic carbocycles. The van der Waals surface area contributed by atoms with Gasteiger partial charge < -0.3 is 9.47 Å². The van der Waals surface area contributed by atoms with Gasteiger partial charge in [-0.2, -0.15) is 0 Å². The fraction of sp³-hybridized carbons (Fsp3) is 0.200. The summed E-state index contributed by atoms with van der Waals surface area (Å²) in [6.45, 7) is 1.90. The molecule has 0 radical (unpaired) electrons. The first-order chi connectivity index (χ1) is 9.56. The Morgan fingerprint density at radius 2 is 1.90 bits per heavy atom. The molecule has 5 nitrogen and oxygen atoms in total. The Labute approximate surface area is 116 Å². The topological polar surface area (TPSA) is 57.5 Å². The van der Waals surface area contributed by atoms with E-state index in [2.05, 4.69) is 4.74 Å². The quantitative estimate of drug-likeness (QED) is 0.802. The maximum absolute atomic E-state index is 12.1. The van der Waals surface area contributed by atoms with Gasteiger partial charge in [-0.3, -0.25) is 9.36 Å². The zero-order chi connectivity index (χ0) is 14.7. The van der Waals surface area contributed by atoms with Crippen molar-refractivity contribution < 1.29 is 14.3 Å². The minimum Gasteiger partial charge on any atom is -0.496 e. The molecule has 0 aliphatic rings. The molecule has 104 valence electrons. The van der Waals surface area contributed by atoms with Crippen molar-refractivity contribution in [3.05, 3.63) is 58.0 Å². The molecular weight excluding hydrogens is 258 g/mol. The van der Waals surface area contributed by atoms with Crippen molar-refractivity contribution in [2.24, 2.45) is 0 Å². The number of carbonyl (C=O) groups is 1. The summed E-state index contributed by atoms with van der Waals surface area (Å²) in [6, 6.07) is 8.23. The summed E-state index contributed by atoms with van der Waals surface area (Å²) in [5.41, 5.74) is 1.58. The van der Waals surface area contributed by atoms with Crippen molar-refractivity contribution in [1.82, 2.24) is 4.57 Å². The van der Waals surface area contributed by atoms with E-state index in [0.717, 1.165) is 11.3 Å². The number of hydrogen-bond acceptors (Lipinski definition) is 4. The number of aromatic nitrogens is 1. The van der Waals surface area contributed by atoms with Gasteiger partial charge in [-0.05, 0) is 36.8 Å². The lowest BCUT2D eigenvalue weighted by Gasteiger charge is -2.10. The van der Waals surface area contributed by atoms with Crippen LogP contribution in [0, 0.1) is 6.92 Å². The molecule has 0 saturated carbocycles. The second-order valence-electron chi connectivity index (χ2n) is 4.27. The fourth-order valence-corrected chi connectivity index (χ4v) is 1.95. The van der Waals surface area contributed by atoms with Gasteiger partial charge in [-0.25, -0.2) is 4.79 Å². The third-order valence-electron chi connectivity index (χ3n) is 3.00. The standard InChI is InChI=1S/C15H15NO4/c1-10-8-12(4-5-13(10)19-2)16-7-6-11(9-14(16)17)15(18)20-3/h4-9H,1-3H3. The lowest BCUT2D eigenvalue weighted by Crippen LogP contribution is -2.19. The Morgan fingerprint density at radius 1 is 1.15 bits per heavy atom. The Hall–Kier alpha value is -2.56. The molecule has 0 atom stereocenters. The lowest BCUT2D eigenvalue weighted by atomic mass is 10.2. The van der Waals surface area contributed by atoms with E-state index in [1.54, 1.807) is 31.5 Å². The summed E-state index contributed by atoms with van der Waals surface area (Å²) in [5, 5.41) is 0. The minimum absolute atomic E-state index is 0.235. The summed E-state index contributed by atoms with van der Waals surface area (Å²) in [5.74, 6) is 0.230. The maximum Gasteiger partial charge on any atom is 0.338 e. The third-order valence-corrected chi connectivity index (χ3v) is 3.00. The molecule has 2 aromatic rings. The van der Waals surface area contributed by atoms with Gasteiger partial charge in [0, 0.05) is 18.0 Å². The van der Waals surface area contributed by atoms with Crippen molar-refractivity contribution >= 4 is 5.97 Å². The predicted molar refractivity (Wildman–Crippen MR) is 74.7 cm³/mol. The largest absolute Gasteiger partial charge is 0.496 e. The van der Waals surface area contributed by atoms with E-state index < -0.39 is 5.97 Å². The molecule has 1 aromatic heterocycles. The first kappa shape index (κ1) is 13.9. The summed E-state index contributed by atoms with van der Waals surface area (Å²) in [7, 11) is 2.88. The summed E-state index contributed by atoms with van der Waals surface area (Å²) < 4.78 is 11.2. The average molecular weight is 273 g/mol. The number of carbonyl (C=O) groups excluding carboxylic acids is 1. The van der Waals surface area contributed by atoms with Crippen LogP contribution in [0.3, 0.4) is 0 Å². The van der Waals surface area contributed by atoms with Crippen LogP contribution in [0.4, 0.5) is 0 Å². The van der Waals surface area contributed by atoms with E-state index in [1.165, 1.54) is 17.7 Å². The Balaban J connectivity index is 2.46. The molecule has 0 N–H and O–H groups in total. The molecule has 0 fully saturated rings. The summed E-state index contributed by atoms with van der Waals surface area (Å²) in [6.07, 6.45) is 1.55. The molecular formula is C15H15NO4. The first-order valence-electron chi connectivity index (χ1n) is 6.03. The van der Waals surface area contributed by atoms with Crippen molar-refractivity contribution in [3.63, 3.8) is 0 Å². The highest BCUT2D eigenvalue weighted by molar-refractivity contribution is 5.89. The number of nitrogens with zero attached hydrogens (tertiary/aromatic N) is 1. The second kappa shape index (κ2) is 5.61. The number of aryl methyl sites for hydroxylation is 1. The molecule has 0 aliphatic heterocycles. The predicted octanol–water partition coefficient (Wildman–Crippen LogP) is 1.94. The van der Waals surface area contributed by atoms with Crippen molar-refractivity contribution in [1.29, 1.82) is 0 Å². The summed E-state index contributed by atoms with van der Waals surface area (Å²) in [4.78, 5) is 23.4. The first-order valence-corrected chi connectivity index (χ1v) is 6.03. The van der Waals surface area contributed by atoms with Gasteiger partial charge in [0.05, 0.1) is 19.8 Å². The zero-order valence-electron chi connectivity index (χ0n) is 11.5. The van der Waals surface area contributed by atoms with E-state index in [4.69, 9.17) is 4.74 Å². The van der Waals surface area contributed by atoms with E-state index in [9.17, 15) is 9.59 Å². The lowest BCUT2D eigenvalue weighted by molar-refractivity contribution is 0.0600. The minimum atomic E-state index is -0.528. The van der Waals surface area contributed by atoms with Crippen LogP contribution in [0.2, 0.25) is 0 Å².